The van der Waals surface area contributed by atoms with Crippen LogP contribution < -0.4 is 26.8 Å². The van der Waals surface area contributed by atoms with Crippen molar-refractivity contribution < 1.29 is 43.7 Å². The molecule has 284 valence electrons. The van der Waals surface area contributed by atoms with E-state index in [1.165, 1.54) is 0 Å². The number of nitrogens with two attached hydrogens (primary N) is 1. The molecule has 16 heteroatoms. The average Bonchev–Trinajstić information content (AvgIpc) is 3.39. The molecular formula is C36H50N6O10. The molecule has 52 heavy (non-hydrogen) atoms. The largest absolute Gasteiger partial charge is 0.496 e. The molecule has 3 amide bonds. The van der Waals surface area contributed by atoms with Crippen LogP contribution in [-0.2, 0) is 23.9 Å². The number of fused-ring (bicyclic) bond motifs is 1. The third kappa shape index (κ3) is 10.8. The molecule has 1 aromatic heterocycles. The van der Waals surface area contributed by atoms with Crippen LogP contribution in [0.25, 0.3) is 11.0 Å². The number of aliphatic carboxylic acids is 1. The van der Waals surface area contributed by atoms with Gasteiger partial charge in [-0.15, -0.1) is 0 Å². The molecule has 2 aromatic carbocycles. The molecule has 0 saturated heterocycles. The van der Waals surface area contributed by atoms with Gasteiger partial charge in [0.2, 0.25) is 17.9 Å². The van der Waals surface area contributed by atoms with Crippen molar-refractivity contribution in [1.29, 1.82) is 0 Å². The predicted octanol–water partition coefficient (Wildman–Crippen LogP) is 4.47. The van der Waals surface area contributed by atoms with E-state index in [-0.39, 0.29) is 30.1 Å². The summed E-state index contributed by atoms with van der Waals surface area (Å²) in [6.07, 6.45) is 1.24. The third-order valence-electron chi connectivity index (χ3n) is 8.39. The molecular weight excluding hydrogens is 676 g/mol. The van der Waals surface area contributed by atoms with Gasteiger partial charge < -0.3 is 41.0 Å². The Kier molecular flexibility index (Phi) is 13.2. The molecule has 1 saturated carbocycles. The van der Waals surface area contributed by atoms with Crippen LogP contribution in [0.1, 0.15) is 78.8 Å². The second-order valence-electron chi connectivity index (χ2n) is 14.6. The zero-order valence-corrected chi connectivity index (χ0v) is 30.9. The molecule has 4 rings (SSSR count). The summed E-state index contributed by atoms with van der Waals surface area (Å²) in [7, 11) is 1.59. The first-order valence-corrected chi connectivity index (χ1v) is 16.8. The number of amides is 3. The number of carboxylic acids is 1. The van der Waals surface area contributed by atoms with E-state index in [1.54, 1.807) is 77.5 Å². The molecule has 0 radical (unpaired) electrons. The molecule has 16 nitrogen and oxygen atoms in total. The number of methoxy groups -OCH3 is 1. The highest BCUT2D eigenvalue weighted by Gasteiger charge is 2.31. The summed E-state index contributed by atoms with van der Waals surface area (Å²) < 4.78 is 11.7. The summed E-state index contributed by atoms with van der Waals surface area (Å²) in [6.45, 7) is 11.6. The molecule has 0 spiro atoms. The Morgan fingerprint density at radius 3 is 2.17 bits per heavy atom. The molecule has 1 heterocycles. The van der Waals surface area contributed by atoms with E-state index in [0.717, 1.165) is 10.5 Å². The van der Waals surface area contributed by atoms with Gasteiger partial charge in [-0.25, -0.2) is 19.2 Å². The maximum absolute atomic E-state index is 13.0. The first-order valence-electron chi connectivity index (χ1n) is 16.8. The van der Waals surface area contributed by atoms with Gasteiger partial charge >= 0.3 is 23.7 Å². The number of aromatic nitrogens is 2. The topological polar surface area (TPSA) is 235 Å². The lowest BCUT2D eigenvalue weighted by molar-refractivity contribution is -0.161. The molecule has 7 N–H and O–H groups in total. The maximum atomic E-state index is 13.0. The number of benzene rings is 2. The van der Waals surface area contributed by atoms with E-state index >= 15 is 0 Å². The van der Waals surface area contributed by atoms with Crippen molar-refractivity contribution in [3.05, 3.63) is 52.4 Å². The number of anilines is 2. The Bertz CT molecular complexity index is 1840. The lowest BCUT2D eigenvalue weighted by Crippen LogP contribution is -2.48. The van der Waals surface area contributed by atoms with Gasteiger partial charge in [-0.3, -0.25) is 19.1 Å². The number of nitrogens with zero attached hydrogens (tertiary/aromatic N) is 2. The lowest BCUT2D eigenvalue weighted by atomic mass is 9.85. The van der Waals surface area contributed by atoms with Crippen molar-refractivity contribution in [2.24, 2.45) is 11.7 Å². The lowest BCUT2D eigenvalue weighted by Gasteiger charge is -2.32. The summed E-state index contributed by atoms with van der Waals surface area (Å²) in [5.74, 6) is -2.36. The second-order valence-corrected chi connectivity index (χ2v) is 14.6. The Morgan fingerprint density at radius 2 is 1.63 bits per heavy atom. The SMILES string of the molecule is CC(C)(C)OC(=O)C(N)C(=O)O.COc1cc(NC(=O)C2CCC(n3c(=O)[nH]c4cccc(NC(=O)CN(C(=O)O)C(C)(C)C)c43)CC2)ccc1C. The summed E-state index contributed by atoms with van der Waals surface area (Å²) >= 11 is 0. The maximum Gasteiger partial charge on any atom is 0.408 e. The van der Waals surface area contributed by atoms with Crippen LogP contribution >= 0.6 is 0 Å². The van der Waals surface area contributed by atoms with Crippen molar-refractivity contribution in [2.75, 3.05) is 24.3 Å². The molecule has 0 aliphatic heterocycles. The van der Waals surface area contributed by atoms with Crippen molar-refractivity contribution >= 4 is 52.3 Å². The van der Waals surface area contributed by atoms with Crippen LogP contribution in [0.3, 0.4) is 0 Å². The molecule has 1 aliphatic rings. The van der Waals surface area contributed by atoms with Crippen molar-refractivity contribution in [2.45, 2.75) is 97.4 Å². The highest BCUT2D eigenvalue weighted by atomic mass is 16.6. The van der Waals surface area contributed by atoms with E-state index in [9.17, 15) is 33.9 Å². The van der Waals surface area contributed by atoms with Gasteiger partial charge in [0.05, 0.1) is 23.8 Å². The number of hydrogen-bond acceptors (Lipinski definition) is 9. The van der Waals surface area contributed by atoms with E-state index < -0.39 is 41.1 Å². The Balaban J connectivity index is 0.000000521. The number of rotatable bonds is 9. The van der Waals surface area contributed by atoms with Gasteiger partial charge in [0.15, 0.2) is 0 Å². The quantitative estimate of drug-likeness (QED) is 0.133. The molecule has 1 fully saturated rings. The number of ether oxygens (including phenoxy) is 2. The fourth-order valence-electron chi connectivity index (χ4n) is 5.76. The van der Waals surface area contributed by atoms with Crippen LogP contribution in [0.5, 0.6) is 5.75 Å². The van der Waals surface area contributed by atoms with E-state index in [4.69, 9.17) is 20.3 Å². The smallest absolute Gasteiger partial charge is 0.408 e. The van der Waals surface area contributed by atoms with Crippen LogP contribution in [0.15, 0.2) is 41.2 Å². The third-order valence-corrected chi connectivity index (χ3v) is 8.39. The molecule has 1 atom stereocenters. The van der Waals surface area contributed by atoms with Crippen LogP contribution in [0.2, 0.25) is 0 Å². The summed E-state index contributed by atoms with van der Waals surface area (Å²) in [6, 6.07) is 8.97. The van der Waals surface area contributed by atoms with Gasteiger partial charge in [0.1, 0.15) is 17.9 Å². The van der Waals surface area contributed by atoms with Crippen LogP contribution in [-0.4, -0.2) is 85.3 Å². The fraction of sp³-hybridized carbons (Fsp3) is 0.500. The summed E-state index contributed by atoms with van der Waals surface area (Å²) in [5.41, 5.74) is 6.44. The number of aryl methyl sites for hydroxylation is 1. The first-order chi connectivity index (χ1) is 24.1. The highest BCUT2D eigenvalue weighted by molar-refractivity contribution is 6.01. The van der Waals surface area contributed by atoms with Crippen LogP contribution in [0.4, 0.5) is 16.2 Å². The van der Waals surface area contributed by atoms with E-state index in [1.807, 2.05) is 19.1 Å². The van der Waals surface area contributed by atoms with E-state index in [2.05, 4.69) is 15.6 Å². The Hall–Kier alpha value is -5.38. The standard InChI is InChI=1S/C29H37N5O6.C7H13NO4/c1-17-9-12-19(15-23(17)40-5)30-26(36)18-10-13-20(14-11-18)34-25-21(7-6-8-22(25)32-27(34)37)31-24(35)16-33(28(38)39)29(2,3)4;1-7(2,3)12-6(11)4(8)5(9)10/h6-9,12,15,18,20H,10-11,13-14,16H2,1-5H3,(H,30,36)(H,31,35)(H,32,37)(H,38,39);4H,8H2,1-3H3,(H,9,10). The van der Waals surface area contributed by atoms with Gasteiger partial charge in [0, 0.05) is 29.3 Å². The van der Waals surface area contributed by atoms with Crippen molar-refractivity contribution in [1.82, 2.24) is 14.5 Å². The monoisotopic (exact) mass is 726 g/mol. The molecule has 1 aliphatic carbocycles. The normalized spacial score (nSPS) is 16.5. The van der Waals surface area contributed by atoms with Gasteiger partial charge in [0.25, 0.3) is 0 Å². The summed E-state index contributed by atoms with van der Waals surface area (Å²) in [4.78, 5) is 75.6. The van der Waals surface area contributed by atoms with Crippen molar-refractivity contribution in [3.8, 4) is 5.75 Å². The number of imidazole rings is 1. The van der Waals surface area contributed by atoms with Gasteiger partial charge in [-0.1, -0.05) is 12.1 Å². The van der Waals surface area contributed by atoms with Crippen LogP contribution in [0, 0.1) is 12.8 Å². The second kappa shape index (κ2) is 16.8. The molecule has 0 bridgehead atoms. The van der Waals surface area contributed by atoms with Gasteiger partial charge in [-0.05, 0) is 97.9 Å². The number of aromatic amines is 1. The minimum atomic E-state index is -1.59. The minimum Gasteiger partial charge on any atom is -0.496 e. The zero-order valence-electron chi connectivity index (χ0n) is 30.9. The number of para-hydroxylation sites is 1. The Labute approximate surface area is 301 Å². The number of hydrogen-bond donors (Lipinski definition) is 6. The summed E-state index contributed by atoms with van der Waals surface area (Å²) in [5, 5.41) is 23.7. The fourth-order valence-corrected chi connectivity index (χ4v) is 5.76. The predicted molar refractivity (Wildman–Crippen MR) is 194 cm³/mol. The van der Waals surface area contributed by atoms with E-state index in [0.29, 0.717) is 53.8 Å². The minimum absolute atomic E-state index is 0.0644. The number of carboxylic acid groups (broad SMARTS) is 2. The zero-order chi connectivity index (χ0) is 39.1. The Morgan fingerprint density at radius 1 is 1.00 bits per heavy atom. The number of esters is 1. The highest BCUT2D eigenvalue weighted by Crippen LogP contribution is 2.35. The van der Waals surface area contributed by atoms with Gasteiger partial charge in [-0.2, -0.15) is 0 Å². The average molecular weight is 727 g/mol. The molecule has 3 aromatic rings. The number of carbonyl (C=O) groups excluding carboxylic acids is 3. The molecule has 1 unspecified atom stereocenters. The first kappa shape index (κ1) is 41.0. The number of H-pyrrole nitrogens is 1. The number of nitrogens with one attached hydrogen (secondary N) is 3. The number of carbonyl (C=O) groups is 5. The van der Waals surface area contributed by atoms with Crippen molar-refractivity contribution in [3.63, 3.8) is 0 Å².